The molecule has 1 aliphatic rings. The first-order chi connectivity index (χ1) is 19.9. The van der Waals surface area contributed by atoms with E-state index in [4.69, 9.17) is 14.2 Å². The van der Waals surface area contributed by atoms with Crippen molar-refractivity contribution in [2.75, 3.05) is 31.2 Å². The number of hydrogen-bond donors (Lipinski definition) is 2. The number of rotatable bonds is 14. The Bertz CT molecular complexity index is 1140. The summed E-state index contributed by atoms with van der Waals surface area (Å²) in [5, 5.41) is 5.96. The van der Waals surface area contributed by atoms with E-state index in [0.717, 1.165) is 24.0 Å². The molecule has 2 amide bonds. The van der Waals surface area contributed by atoms with Crippen LogP contribution in [0.4, 0.5) is 10.5 Å². The minimum atomic E-state index is -0.715. The van der Waals surface area contributed by atoms with Gasteiger partial charge in [0.25, 0.3) is 0 Å². The number of nitrogens with zero attached hydrogens (tertiary/aromatic N) is 1. The topological polar surface area (TPSA) is 123 Å². The molecule has 10 nitrogen and oxygen atoms in total. The molecule has 222 valence electrons. The Balaban J connectivity index is 1.58. The third-order valence-electron chi connectivity index (χ3n) is 6.75. The summed E-state index contributed by atoms with van der Waals surface area (Å²) in [4.78, 5) is 52.5. The number of amides is 2. The fourth-order valence-electron chi connectivity index (χ4n) is 4.76. The molecule has 0 aliphatic carbocycles. The van der Waals surface area contributed by atoms with Crippen LogP contribution in [0.2, 0.25) is 0 Å². The lowest BCUT2D eigenvalue weighted by Gasteiger charge is -2.32. The highest BCUT2D eigenvalue weighted by Gasteiger charge is 2.33. The number of benzene rings is 2. The van der Waals surface area contributed by atoms with Crippen molar-refractivity contribution in [2.24, 2.45) is 0 Å². The van der Waals surface area contributed by atoms with Crippen LogP contribution in [-0.2, 0) is 41.6 Å². The van der Waals surface area contributed by atoms with Crippen LogP contribution in [-0.4, -0.2) is 62.3 Å². The molecule has 2 N–H and O–H groups in total. The van der Waals surface area contributed by atoms with Crippen molar-refractivity contribution in [2.45, 2.75) is 71.1 Å². The van der Waals surface area contributed by atoms with Gasteiger partial charge in [0.1, 0.15) is 19.2 Å². The van der Waals surface area contributed by atoms with Crippen LogP contribution in [0.3, 0.4) is 0 Å². The monoisotopic (exact) mass is 567 g/mol. The number of esters is 2. The van der Waals surface area contributed by atoms with E-state index in [1.54, 1.807) is 13.8 Å². The van der Waals surface area contributed by atoms with Crippen LogP contribution < -0.4 is 15.5 Å². The average molecular weight is 568 g/mol. The molecule has 0 saturated carbocycles. The molecule has 0 spiro atoms. The second kappa shape index (κ2) is 17.0. The Morgan fingerprint density at radius 2 is 1.68 bits per heavy atom. The van der Waals surface area contributed by atoms with E-state index in [2.05, 4.69) is 10.6 Å². The summed E-state index contributed by atoms with van der Waals surface area (Å²) in [6.07, 6.45) is 3.09. The van der Waals surface area contributed by atoms with E-state index in [0.29, 0.717) is 37.9 Å². The normalized spacial score (nSPS) is 15.6. The van der Waals surface area contributed by atoms with Gasteiger partial charge in [0.05, 0.1) is 19.3 Å². The van der Waals surface area contributed by atoms with E-state index in [-0.39, 0.29) is 32.3 Å². The van der Waals surface area contributed by atoms with Gasteiger partial charge in [-0.25, -0.2) is 4.79 Å². The van der Waals surface area contributed by atoms with Gasteiger partial charge in [0.15, 0.2) is 0 Å². The molecule has 0 bridgehead atoms. The lowest BCUT2D eigenvalue weighted by atomic mass is 9.97. The number of aryl methyl sites for hydroxylation is 1. The number of carbonyl (C=O) groups excluding carboxylic acids is 4. The highest BCUT2D eigenvalue weighted by atomic mass is 16.5. The van der Waals surface area contributed by atoms with Crippen molar-refractivity contribution >= 4 is 29.6 Å². The first-order valence-electron chi connectivity index (χ1n) is 14.3. The molecule has 2 aromatic carbocycles. The summed E-state index contributed by atoms with van der Waals surface area (Å²) in [7, 11) is 0. The summed E-state index contributed by atoms with van der Waals surface area (Å²) >= 11 is 0. The summed E-state index contributed by atoms with van der Waals surface area (Å²) in [5.74, 6) is -1.22. The highest BCUT2D eigenvalue weighted by Crippen LogP contribution is 2.27. The van der Waals surface area contributed by atoms with Gasteiger partial charge in [0, 0.05) is 12.2 Å². The second-order valence-corrected chi connectivity index (χ2v) is 9.76. The number of ether oxygens (including phenoxy) is 3. The van der Waals surface area contributed by atoms with Crippen molar-refractivity contribution in [3.63, 3.8) is 0 Å². The molecule has 3 rings (SSSR count). The molecular formula is C31H41N3O7. The molecule has 0 saturated heterocycles. The lowest BCUT2D eigenvalue weighted by Crippen LogP contribution is -2.54. The number of alkyl carbamates (subject to hydrolysis) is 1. The molecule has 0 aromatic heterocycles. The molecule has 1 aliphatic heterocycles. The molecular weight excluding hydrogens is 526 g/mol. The van der Waals surface area contributed by atoms with Gasteiger partial charge in [-0.1, -0.05) is 48.5 Å². The minimum Gasteiger partial charge on any atom is -0.465 e. The van der Waals surface area contributed by atoms with Crippen LogP contribution in [0.15, 0.2) is 54.6 Å². The van der Waals surface area contributed by atoms with Gasteiger partial charge >= 0.3 is 18.0 Å². The second-order valence-electron chi connectivity index (χ2n) is 9.76. The first kappa shape index (κ1) is 31.6. The molecule has 0 fully saturated rings. The zero-order valence-electron chi connectivity index (χ0n) is 23.9. The Hall–Kier alpha value is -3.92. The number of carbonyl (C=O) groups is 4. The largest absolute Gasteiger partial charge is 0.465 e. The van der Waals surface area contributed by atoms with Gasteiger partial charge in [-0.05, 0) is 69.6 Å². The Morgan fingerprint density at radius 3 is 2.44 bits per heavy atom. The van der Waals surface area contributed by atoms with E-state index >= 15 is 0 Å². The molecule has 1 heterocycles. The lowest BCUT2D eigenvalue weighted by molar-refractivity contribution is -0.146. The third kappa shape index (κ3) is 10.2. The fraction of sp³-hybridized carbons (Fsp3) is 0.484. The summed E-state index contributed by atoms with van der Waals surface area (Å²) in [6.45, 7) is 4.25. The number of anilines is 1. The van der Waals surface area contributed by atoms with Crippen molar-refractivity contribution in [1.82, 2.24) is 10.6 Å². The van der Waals surface area contributed by atoms with Crippen LogP contribution in [0, 0.1) is 0 Å². The van der Waals surface area contributed by atoms with E-state index in [1.165, 1.54) is 4.90 Å². The quantitative estimate of drug-likeness (QED) is 0.200. The molecule has 10 heteroatoms. The summed E-state index contributed by atoms with van der Waals surface area (Å²) in [6, 6.07) is 15.6. The van der Waals surface area contributed by atoms with Gasteiger partial charge in [0.2, 0.25) is 5.91 Å². The van der Waals surface area contributed by atoms with Crippen molar-refractivity contribution in [3.8, 4) is 0 Å². The summed E-state index contributed by atoms with van der Waals surface area (Å²) < 4.78 is 15.7. The smallest absolute Gasteiger partial charge is 0.407 e. The van der Waals surface area contributed by atoms with Gasteiger partial charge in [-0.3, -0.25) is 24.6 Å². The predicted molar refractivity (Wildman–Crippen MR) is 154 cm³/mol. The SMILES string of the molecule is CCOC(=O)CN1C(=O)[C@@H](N[C@@H](CCCCNC(=O)OCc2ccccc2)C(=O)OCC)CCCc2ccccc21. The summed E-state index contributed by atoms with van der Waals surface area (Å²) in [5.41, 5.74) is 2.56. The maximum atomic E-state index is 13.8. The molecule has 0 radical (unpaired) electrons. The molecule has 0 unspecified atom stereocenters. The standard InChI is InChI=1S/C31H41N3O7/c1-3-39-28(35)21-34-27-19-9-8-15-24(27)16-12-18-25(29(34)36)33-26(30(37)40-4-2)17-10-11-20-32-31(38)41-22-23-13-6-5-7-14-23/h5-9,13-15,19,25-26,33H,3-4,10-12,16-18,20-22H2,1-2H3,(H,32,38)/t25-,26-/m0/s1. The van der Waals surface area contributed by atoms with Crippen LogP contribution in [0.1, 0.15) is 57.1 Å². The van der Waals surface area contributed by atoms with Crippen molar-refractivity contribution in [1.29, 1.82) is 0 Å². The van der Waals surface area contributed by atoms with Crippen LogP contribution in [0.5, 0.6) is 0 Å². The van der Waals surface area contributed by atoms with E-state index in [9.17, 15) is 19.2 Å². The zero-order chi connectivity index (χ0) is 29.5. The van der Waals surface area contributed by atoms with E-state index in [1.807, 2.05) is 54.6 Å². The Labute approximate surface area is 241 Å². The number of unbranched alkanes of at least 4 members (excludes halogenated alkanes) is 1. The van der Waals surface area contributed by atoms with Gasteiger partial charge < -0.3 is 19.5 Å². The van der Waals surface area contributed by atoms with E-state index < -0.39 is 30.1 Å². The highest BCUT2D eigenvalue weighted by molar-refractivity contribution is 6.01. The Kier molecular flexibility index (Phi) is 13.1. The number of hydrogen-bond acceptors (Lipinski definition) is 8. The molecule has 2 aromatic rings. The van der Waals surface area contributed by atoms with Crippen molar-refractivity contribution < 1.29 is 33.4 Å². The van der Waals surface area contributed by atoms with Crippen LogP contribution in [0.25, 0.3) is 0 Å². The number of nitrogens with one attached hydrogen (secondary N) is 2. The van der Waals surface area contributed by atoms with Gasteiger partial charge in [-0.15, -0.1) is 0 Å². The molecule has 41 heavy (non-hydrogen) atoms. The Morgan fingerprint density at radius 1 is 0.951 bits per heavy atom. The van der Waals surface area contributed by atoms with Crippen LogP contribution >= 0.6 is 0 Å². The number of fused-ring (bicyclic) bond motifs is 1. The third-order valence-corrected chi connectivity index (χ3v) is 6.75. The first-order valence-corrected chi connectivity index (χ1v) is 14.3. The zero-order valence-corrected chi connectivity index (χ0v) is 23.9. The predicted octanol–water partition coefficient (Wildman–Crippen LogP) is 3.91. The number of para-hydroxylation sites is 1. The maximum Gasteiger partial charge on any atom is 0.407 e. The van der Waals surface area contributed by atoms with Crippen molar-refractivity contribution in [3.05, 3.63) is 65.7 Å². The fourth-order valence-corrected chi connectivity index (χ4v) is 4.76. The minimum absolute atomic E-state index is 0.189. The molecule has 2 atom stereocenters. The maximum absolute atomic E-state index is 13.8. The van der Waals surface area contributed by atoms with Gasteiger partial charge in [-0.2, -0.15) is 0 Å². The average Bonchev–Trinajstić information content (AvgIpc) is 2.97.